The van der Waals surface area contributed by atoms with Gasteiger partial charge in [-0.05, 0) is 29.7 Å². The van der Waals surface area contributed by atoms with Gasteiger partial charge in [0.2, 0.25) is 0 Å². The fourth-order valence-corrected chi connectivity index (χ4v) is 3.52. The predicted molar refractivity (Wildman–Crippen MR) is 117 cm³/mol. The van der Waals surface area contributed by atoms with Gasteiger partial charge in [0.05, 0.1) is 11.8 Å². The summed E-state index contributed by atoms with van der Waals surface area (Å²) in [5, 5.41) is 7.27. The second-order valence-corrected chi connectivity index (χ2v) is 7.31. The standard InChI is InChI=1S/C25H24N2O3/c28-25(29-22-14-8-3-9-15-22)26-23(17-20-12-6-2-7-13-20)24-18-21(27-30-24)16-19-10-4-1-5-11-19/h1-15,23-24H,16-18H2,(H,26,28). The van der Waals surface area contributed by atoms with Crippen molar-refractivity contribution in [2.24, 2.45) is 5.16 Å². The Morgan fingerprint density at radius 1 is 0.933 bits per heavy atom. The summed E-state index contributed by atoms with van der Waals surface area (Å²) in [6, 6.07) is 29.0. The van der Waals surface area contributed by atoms with Gasteiger partial charge in [-0.15, -0.1) is 0 Å². The summed E-state index contributed by atoms with van der Waals surface area (Å²) < 4.78 is 5.42. The second kappa shape index (κ2) is 9.74. The van der Waals surface area contributed by atoms with Gasteiger partial charge in [-0.3, -0.25) is 0 Å². The third-order valence-corrected chi connectivity index (χ3v) is 5.01. The van der Waals surface area contributed by atoms with Crippen LogP contribution in [-0.2, 0) is 17.7 Å². The number of nitrogens with one attached hydrogen (secondary N) is 1. The van der Waals surface area contributed by atoms with Crippen molar-refractivity contribution < 1.29 is 14.4 Å². The molecule has 0 bridgehead atoms. The summed E-state index contributed by atoms with van der Waals surface area (Å²) in [5.41, 5.74) is 3.28. The molecule has 0 radical (unpaired) electrons. The largest absolute Gasteiger partial charge is 0.412 e. The van der Waals surface area contributed by atoms with Crippen LogP contribution < -0.4 is 10.1 Å². The lowest BCUT2D eigenvalue weighted by Crippen LogP contribution is -2.46. The quantitative estimate of drug-likeness (QED) is 0.621. The van der Waals surface area contributed by atoms with Gasteiger partial charge in [0.15, 0.2) is 6.10 Å². The Kier molecular flexibility index (Phi) is 6.40. The molecule has 0 saturated carbocycles. The summed E-state index contributed by atoms with van der Waals surface area (Å²) in [4.78, 5) is 18.3. The van der Waals surface area contributed by atoms with Crippen LogP contribution in [0.1, 0.15) is 17.5 Å². The first kappa shape index (κ1) is 19.7. The Bertz CT molecular complexity index is 975. The first-order chi connectivity index (χ1) is 14.8. The van der Waals surface area contributed by atoms with Crippen LogP contribution in [0.5, 0.6) is 5.75 Å². The molecule has 152 valence electrons. The molecule has 0 saturated heterocycles. The van der Waals surface area contributed by atoms with Gasteiger partial charge in [-0.25, -0.2) is 4.79 Å². The van der Waals surface area contributed by atoms with Crippen LogP contribution in [0.15, 0.2) is 96.2 Å². The fraction of sp³-hybridized carbons (Fsp3) is 0.200. The maximum Gasteiger partial charge on any atom is 0.412 e. The van der Waals surface area contributed by atoms with Crippen LogP contribution in [-0.4, -0.2) is 24.0 Å². The maximum absolute atomic E-state index is 12.5. The summed E-state index contributed by atoms with van der Waals surface area (Å²) in [6.07, 6.45) is 1.29. The van der Waals surface area contributed by atoms with Gasteiger partial charge in [0, 0.05) is 12.8 Å². The van der Waals surface area contributed by atoms with Gasteiger partial charge in [0.1, 0.15) is 5.75 Å². The number of ether oxygens (including phenoxy) is 1. The number of carbonyl (C=O) groups excluding carboxylic acids is 1. The molecular weight excluding hydrogens is 376 g/mol. The molecular formula is C25H24N2O3. The zero-order chi connectivity index (χ0) is 20.6. The average molecular weight is 400 g/mol. The number of para-hydroxylation sites is 1. The number of amides is 1. The van der Waals surface area contributed by atoms with Crippen LogP contribution in [0.25, 0.3) is 0 Å². The molecule has 1 amide bonds. The van der Waals surface area contributed by atoms with Crippen molar-refractivity contribution in [2.75, 3.05) is 0 Å². The molecule has 0 spiro atoms. The van der Waals surface area contributed by atoms with Gasteiger partial charge in [0.25, 0.3) is 0 Å². The highest BCUT2D eigenvalue weighted by molar-refractivity contribution is 5.87. The summed E-state index contributed by atoms with van der Waals surface area (Å²) in [7, 11) is 0. The molecule has 1 N–H and O–H groups in total. The van der Waals surface area contributed by atoms with Crippen LogP contribution in [0.2, 0.25) is 0 Å². The number of hydrogen-bond acceptors (Lipinski definition) is 4. The predicted octanol–water partition coefficient (Wildman–Crippen LogP) is 4.77. The third kappa shape index (κ3) is 5.47. The first-order valence-corrected chi connectivity index (χ1v) is 10.1. The molecule has 0 aromatic heterocycles. The average Bonchev–Trinajstić information content (AvgIpc) is 3.24. The van der Waals surface area contributed by atoms with E-state index >= 15 is 0 Å². The highest BCUT2D eigenvalue weighted by Gasteiger charge is 2.31. The molecule has 3 aromatic rings. The van der Waals surface area contributed by atoms with Crippen molar-refractivity contribution in [3.8, 4) is 5.75 Å². The van der Waals surface area contributed by atoms with E-state index in [4.69, 9.17) is 9.57 Å². The number of nitrogens with zero attached hydrogens (tertiary/aromatic N) is 1. The molecule has 4 rings (SSSR count). The first-order valence-electron chi connectivity index (χ1n) is 10.1. The molecule has 2 atom stereocenters. The van der Waals surface area contributed by atoms with E-state index in [-0.39, 0.29) is 12.1 Å². The molecule has 0 aliphatic carbocycles. The van der Waals surface area contributed by atoms with Crippen LogP contribution in [0.3, 0.4) is 0 Å². The lowest BCUT2D eigenvalue weighted by atomic mass is 9.96. The van der Waals surface area contributed by atoms with E-state index in [9.17, 15) is 4.79 Å². The zero-order valence-corrected chi connectivity index (χ0v) is 16.6. The monoisotopic (exact) mass is 400 g/mol. The third-order valence-electron chi connectivity index (χ3n) is 5.01. The summed E-state index contributed by atoms with van der Waals surface area (Å²) in [5.74, 6) is 0.502. The second-order valence-electron chi connectivity index (χ2n) is 7.31. The van der Waals surface area contributed by atoms with Crippen molar-refractivity contribution in [2.45, 2.75) is 31.4 Å². The SMILES string of the molecule is O=C(NC(Cc1ccccc1)C1CC(Cc2ccccc2)=NO1)Oc1ccccc1. The number of hydrogen-bond donors (Lipinski definition) is 1. The summed E-state index contributed by atoms with van der Waals surface area (Å²) >= 11 is 0. The van der Waals surface area contributed by atoms with Gasteiger partial charge >= 0.3 is 6.09 Å². The summed E-state index contributed by atoms with van der Waals surface area (Å²) in [6.45, 7) is 0. The minimum absolute atomic E-state index is 0.243. The maximum atomic E-state index is 12.5. The number of oxime groups is 1. The Morgan fingerprint density at radius 2 is 1.53 bits per heavy atom. The van der Waals surface area contributed by atoms with Crippen molar-refractivity contribution in [3.05, 3.63) is 102 Å². The van der Waals surface area contributed by atoms with Crippen molar-refractivity contribution in [1.29, 1.82) is 0 Å². The molecule has 2 unspecified atom stereocenters. The molecule has 3 aromatic carbocycles. The molecule has 1 heterocycles. The number of rotatable bonds is 7. The number of benzene rings is 3. The van der Waals surface area contributed by atoms with E-state index in [0.29, 0.717) is 18.6 Å². The van der Waals surface area contributed by atoms with E-state index in [1.807, 2.05) is 66.7 Å². The lowest BCUT2D eigenvalue weighted by Gasteiger charge is -2.23. The van der Waals surface area contributed by atoms with Gasteiger partial charge in [-0.1, -0.05) is 84.0 Å². The minimum Gasteiger partial charge on any atom is -0.410 e. The lowest BCUT2D eigenvalue weighted by molar-refractivity contribution is 0.0555. The highest BCUT2D eigenvalue weighted by atomic mass is 16.6. The Labute approximate surface area is 176 Å². The molecule has 5 heteroatoms. The number of carbonyl (C=O) groups is 1. The van der Waals surface area contributed by atoms with Crippen molar-refractivity contribution in [3.63, 3.8) is 0 Å². The van der Waals surface area contributed by atoms with Gasteiger partial charge < -0.3 is 14.9 Å². The van der Waals surface area contributed by atoms with Crippen LogP contribution in [0, 0.1) is 0 Å². The van der Waals surface area contributed by atoms with E-state index in [1.165, 1.54) is 5.56 Å². The van der Waals surface area contributed by atoms with Crippen molar-refractivity contribution >= 4 is 11.8 Å². The Hall–Kier alpha value is -3.60. The van der Waals surface area contributed by atoms with E-state index in [2.05, 4.69) is 22.6 Å². The van der Waals surface area contributed by atoms with E-state index in [0.717, 1.165) is 17.7 Å². The molecule has 30 heavy (non-hydrogen) atoms. The van der Waals surface area contributed by atoms with Crippen LogP contribution in [0.4, 0.5) is 4.79 Å². The Balaban J connectivity index is 1.42. The molecule has 5 nitrogen and oxygen atoms in total. The van der Waals surface area contributed by atoms with E-state index in [1.54, 1.807) is 12.1 Å². The normalized spacial score (nSPS) is 16.3. The highest BCUT2D eigenvalue weighted by Crippen LogP contribution is 2.20. The molecule has 0 fully saturated rings. The molecule has 1 aliphatic heterocycles. The topological polar surface area (TPSA) is 59.9 Å². The minimum atomic E-state index is -0.498. The fourth-order valence-electron chi connectivity index (χ4n) is 3.52. The van der Waals surface area contributed by atoms with Crippen LogP contribution >= 0.6 is 0 Å². The smallest absolute Gasteiger partial charge is 0.410 e. The van der Waals surface area contributed by atoms with Gasteiger partial charge in [-0.2, -0.15) is 0 Å². The van der Waals surface area contributed by atoms with E-state index < -0.39 is 6.09 Å². The van der Waals surface area contributed by atoms with Crippen molar-refractivity contribution in [1.82, 2.24) is 5.32 Å². The molecule has 1 aliphatic rings. The zero-order valence-electron chi connectivity index (χ0n) is 16.6. The Morgan fingerprint density at radius 3 is 2.20 bits per heavy atom.